The lowest BCUT2D eigenvalue weighted by molar-refractivity contribution is 0.402. The van der Waals surface area contributed by atoms with Crippen molar-refractivity contribution in [2.24, 2.45) is 5.92 Å². The first-order chi connectivity index (χ1) is 9.24. The van der Waals surface area contributed by atoms with Gasteiger partial charge in [-0.05, 0) is 44.4 Å². The highest BCUT2D eigenvalue weighted by molar-refractivity contribution is 5.50. The minimum Gasteiger partial charge on any atom is -0.497 e. The molecule has 106 valence electrons. The van der Waals surface area contributed by atoms with E-state index >= 15 is 0 Å². The van der Waals surface area contributed by atoms with E-state index in [1.54, 1.807) is 7.11 Å². The van der Waals surface area contributed by atoms with Crippen molar-refractivity contribution in [3.63, 3.8) is 0 Å². The zero-order valence-corrected chi connectivity index (χ0v) is 12.4. The van der Waals surface area contributed by atoms with Crippen LogP contribution in [-0.4, -0.2) is 33.8 Å². The average Bonchev–Trinajstić information content (AvgIpc) is 2.92. The molecule has 0 amide bonds. The lowest BCUT2D eigenvalue weighted by atomic mass is 9.99. The van der Waals surface area contributed by atoms with Crippen molar-refractivity contribution < 1.29 is 4.74 Å². The molecule has 0 saturated heterocycles. The molecule has 2 unspecified atom stereocenters. The van der Waals surface area contributed by atoms with E-state index < -0.39 is 0 Å². The van der Waals surface area contributed by atoms with E-state index in [2.05, 4.69) is 42.5 Å². The third-order valence-corrected chi connectivity index (χ3v) is 4.36. The Labute approximate surface area is 116 Å². The topological polar surface area (TPSA) is 24.5 Å². The van der Waals surface area contributed by atoms with Crippen LogP contribution in [0.5, 0.6) is 5.75 Å². The summed E-state index contributed by atoms with van der Waals surface area (Å²) in [6, 6.07) is 9.01. The Morgan fingerprint density at radius 1 is 1.37 bits per heavy atom. The Balaban J connectivity index is 1.88. The van der Waals surface area contributed by atoms with Gasteiger partial charge in [0.05, 0.1) is 7.11 Å². The molecule has 0 bridgehead atoms. The molecule has 0 spiro atoms. The summed E-state index contributed by atoms with van der Waals surface area (Å²) in [7, 11) is 5.97. The van der Waals surface area contributed by atoms with Gasteiger partial charge in [0.15, 0.2) is 0 Å². The maximum atomic E-state index is 5.28. The van der Waals surface area contributed by atoms with Crippen LogP contribution in [-0.2, 0) is 0 Å². The van der Waals surface area contributed by atoms with Crippen molar-refractivity contribution in [3.05, 3.63) is 24.3 Å². The number of benzene rings is 1. The van der Waals surface area contributed by atoms with Crippen LogP contribution >= 0.6 is 0 Å². The molecule has 1 fully saturated rings. The highest BCUT2D eigenvalue weighted by Crippen LogP contribution is 2.29. The molecule has 3 heteroatoms. The molecule has 1 N–H and O–H groups in total. The predicted octanol–water partition coefficient (Wildman–Crippen LogP) is 2.91. The van der Waals surface area contributed by atoms with E-state index in [0.717, 1.165) is 24.3 Å². The number of methoxy groups -OCH3 is 1. The summed E-state index contributed by atoms with van der Waals surface area (Å²) in [5.74, 6) is 1.76. The summed E-state index contributed by atoms with van der Waals surface area (Å²) in [6.07, 6.45) is 5.35. The van der Waals surface area contributed by atoms with Crippen molar-refractivity contribution in [2.75, 3.05) is 32.6 Å². The first-order valence-corrected chi connectivity index (χ1v) is 7.27. The van der Waals surface area contributed by atoms with Gasteiger partial charge in [-0.2, -0.15) is 0 Å². The Hall–Kier alpha value is -1.22. The third-order valence-electron chi connectivity index (χ3n) is 4.36. The maximum Gasteiger partial charge on any atom is 0.120 e. The van der Waals surface area contributed by atoms with Crippen LogP contribution in [0, 0.1) is 5.92 Å². The molecule has 0 aromatic heterocycles. The summed E-state index contributed by atoms with van der Waals surface area (Å²) in [4.78, 5) is 2.33. The predicted molar refractivity (Wildman–Crippen MR) is 81.1 cm³/mol. The highest BCUT2D eigenvalue weighted by atomic mass is 16.5. The van der Waals surface area contributed by atoms with Crippen LogP contribution in [0.25, 0.3) is 0 Å². The number of hydrogen-bond donors (Lipinski definition) is 1. The highest BCUT2D eigenvalue weighted by Gasteiger charge is 2.25. The number of rotatable bonds is 6. The lowest BCUT2D eigenvalue weighted by Gasteiger charge is -2.24. The van der Waals surface area contributed by atoms with E-state index in [-0.39, 0.29) is 0 Å². The minimum atomic E-state index is 0.721. The van der Waals surface area contributed by atoms with Crippen molar-refractivity contribution in [1.29, 1.82) is 0 Å². The minimum absolute atomic E-state index is 0.721. The zero-order valence-electron chi connectivity index (χ0n) is 12.4. The van der Waals surface area contributed by atoms with Crippen molar-refractivity contribution in [2.45, 2.75) is 31.7 Å². The molecule has 1 aliphatic rings. The molecular formula is C16H26N2O. The van der Waals surface area contributed by atoms with Gasteiger partial charge in [-0.25, -0.2) is 0 Å². The van der Waals surface area contributed by atoms with Gasteiger partial charge < -0.3 is 15.0 Å². The number of nitrogens with zero attached hydrogens (tertiary/aromatic N) is 1. The normalized spacial score (nSPS) is 22.5. The van der Waals surface area contributed by atoms with Gasteiger partial charge in [0, 0.05) is 31.4 Å². The van der Waals surface area contributed by atoms with Gasteiger partial charge in [0.1, 0.15) is 5.75 Å². The Morgan fingerprint density at radius 2 is 2.21 bits per heavy atom. The molecule has 1 aliphatic carbocycles. The molecule has 0 radical (unpaired) electrons. The first-order valence-electron chi connectivity index (χ1n) is 7.27. The Bertz CT molecular complexity index is 394. The van der Waals surface area contributed by atoms with Crippen LogP contribution in [0.4, 0.5) is 5.69 Å². The van der Waals surface area contributed by atoms with E-state index in [1.807, 2.05) is 6.07 Å². The summed E-state index contributed by atoms with van der Waals surface area (Å²) in [5.41, 5.74) is 1.23. The average molecular weight is 262 g/mol. The van der Waals surface area contributed by atoms with Crippen LogP contribution in [0.15, 0.2) is 24.3 Å². The molecule has 0 heterocycles. The SMILES string of the molecule is CNC1CCCC1CCN(C)c1cccc(OC)c1. The largest absolute Gasteiger partial charge is 0.497 e. The maximum absolute atomic E-state index is 5.28. The summed E-state index contributed by atoms with van der Waals surface area (Å²) in [6.45, 7) is 1.11. The van der Waals surface area contributed by atoms with Gasteiger partial charge in [-0.15, -0.1) is 0 Å². The smallest absolute Gasteiger partial charge is 0.120 e. The second kappa shape index (κ2) is 6.80. The van der Waals surface area contributed by atoms with Crippen LogP contribution in [0.3, 0.4) is 0 Å². The van der Waals surface area contributed by atoms with Gasteiger partial charge >= 0.3 is 0 Å². The second-order valence-corrected chi connectivity index (χ2v) is 5.50. The van der Waals surface area contributed by atoms with E-state index in [0.29, 0.717) is 0 Å². The Morgan fingerprint density at radius 3 is 2.95 bits per heavy atom. The van der Waals surface area contributed by atoms with E-state index in [9.17, 15) is 0 Å². The molecule has 1 aromatic rings. The standard InChI is InChI=1S/C16H26N2O/c1-17-16-9-4-6-13(16)10-11-18(2)14-7-5-8-15(12-14)19-3/h5,7-8,12-13,16-17H,4,6,9-11H2,1-3H3. The third kappa shape index (κ3) is 3.63. The van der Waals surface area contributed by atoms with Gasteiger partial charge in [0.25, 0.3) is 0 Å². The van der Waals surface area contributed by atoms with Gasteiger partial charge in [-0.3, -0.25) is 0 Å². The fourth-order valence-corrected chi connectivity index (χ4v) is 3.10. The van der Waals surface area contributed by atoms with E-state index in [1.165, 1.54) is 31.4 Å². The van der Waals surface area contributed by atoms with E-state index in [4.69, 9.17) is 4.74 Å². The molecule has 3 nitrogen and oxygen atoms in total. The van der Waals surface area contributed by atoms with Crippen LogP contribution in [0.1, 0.15) is 25.7 Å². The molecule has 2 atom stereocenters. The van der Waals surface area contributed by atoms with Crippen molar-refractivity contribution in [1.82, 2.24) is 5.32 Å². The molecule has 0 aliphatic heterocycles. The fraction of sp³-hybridized carbons (Fsp3) is 0.625. The fourth-order valence-electron chi connectivity index (χ4n) is 3.10. The molecular weight excluding hydrogens is 236 g/mol. The number of ether oxygens (including phenoxy) is 1. The van der Waals surface area contributed by atoms with Crippen LogP contribution < -0.4 is 15.0 Å². The summed E-state index contributed by atoms with van der Waals surface area (Å²) in [5, 5.41) is 3.46. The monoisotopic (exact) mass is 262 g/mol. The molecule has 1 saturated carbocycles. The van der Waals surface area contributed by atoms with Crippen LogP contribution in [0.2, 0.25) is 0 Å². The molecule has 1 aromatic carbocycles. The van der Waals surface area contributed by atoms with Crippen molar-refractivity contribution >= 4 is 5.69 Å². The van der Waals surface area contributed by atoms with Crippen molar-refractivity contribution in [3.8, 4) is 5.75 Å². The number of anilines is 1. The van der Waals surface area contributed by atoms with Gasteiger partial charge in [0.2, 0.25) is 0 Å². The second-order valence-electron chi connectivity index (χ2n) is 5.50. The number of hydrogen-bond acceptors (Lipinski definition) is 3. The quantitative estimate of drug-likeness (QED) is 0.853. The summed E-state index contributed by atoms with van der Waals surface area (Å²) >= 11 is 0. The lowest BCUT2D eigenvalue weighted by Crippen LogP contribution is -2.31. The molecule has 2 rings (SSSR count). The summed E-state index contributed by atoms with van der Waals surface area (Å²) < 4.78 is 5.28. The van der Waals surface area contributed by atoms with Gasteiger partial charge in [-0.1, -0.05) is 12.5 Å². The number of nitrogens with one attached hydrogen (secondary N) is 1. The molecule has 19 heavy (non-hydrogen) atoms. The zero-order chi connectivity index (χ0) is 13.7. The first kappa shape index (κ1) is 14.2. The Kier molecular flexibility index (Phi) is 5.08.